The highest BCUT2D eigenvalue weighted by molar-refractivity contribution is 5.82. The van der Waals surface area contributed by atoms with Gasteiger partial charge in [0, 0.05) is 27.2 Å². The standard InChI is InChI=1S/C11H22N2O2/c1-9(2)7-13-6-5-10(13)11(14)12(3)8-15-4/h9-10H,5-8H2,1-4H3. The first-order valence-electron chi connectivity index (χ1n) is 5.54. The minimum absolute atomic E-state index is 0.0903. The molecule has 0 saturated carbocycles. The number of hydrogen-bond acceptors (Lipinski definition) is 3. The number of carbonyl (C=O) groups excluding carboxylic acids is 1. The fraction of sp³-hybridized carbons (Fsp3) is 0.909. The van der Waals surface area contributed by atoms with Gasteiger partial charge in [-0.05, 0) is 12.3 Å². The normalized spacial score (nSPS) is 21.5. The maximum atomic E-state index is 11.9. The number of likely N-dealkylation sites (N-methyl/N-ethyl adjacent to an activating group) is 1. The van der Waals surface area contributed by atoms with E-state index in [-0.39, 0.29) is 11.9 Å². The molecule has 0 aromatic rings. The summed E-state index contributed by atoms with van der Waals surface area (Å²) in [4.78, 5) is 15.8. The molecule has 88 valence electrons. The van der Waals surface area contributed by atoms with Crippen LogP contribution in [0.15, 0.2) is 0 Å². The first kappa shape index (κ1) is 12.5. The van der Waals surface area contributed by atoms with Gasteiger partial charge in [0.25, 0.3) is 0 Å². The third-order valence-electron chi connectivity index (χ3n) is 2.71. The average Bonchev–Trinajstić information content (AvgIpc) is 2.12. The summed E-state index contributed by atoms with van der Waals surface area (Å²) in [7, 11) is 3.40. The predicted molar refractivity (Wildman–Crippen MR) is 59.5 cm³/mol. The molecule has 1 atom stereocenters. The van der Waals surface area contributed by atoms with Gasteiger partial charge in [0.1, 0.15) is 6.73 Å². The van der Waals surface area contributed by atoms with Crippen LogP contribution in [0.4, 0.5) is 0 Å². The van der Waals surface area contributed by atoms with E-state index in [1.807, 2.05) is 0 Å². The molecule has 0 bridgehead atoms. The fourth-order valence-corrected chi connectivity index (χ4v) is 1.92. The number of amides is 1. The van der Waals surface area contributed by atoms with E-state index in [0.717, 1.165) is 19.5 Å². The molecule has 1 heterocycles. The van der Waals surface area contributed by atoms with Gasteiger partial charge in [-0.25, -0.2) is 0 Å². The van der Waals surface area contributed by atoms with Crippen molar-refractivity contribution in [3.05, 3.63) is 0 Å². The van der Waals surface area contributed by atoms with Gasteiger partial charge in [0.2, 0.25) is 5.91 Å². The lowest BCUT2D eigenvalue weighted by molar-refractivity contribution is -0.144. The average molecular weight is 214 g/mol. The molecule has 0 spiro atoms. The van der Waals surface area contributed by atoms with Gasteiger partial charge in [-0.3, -0.25) is 9.69 Å². The summed E-state index contributed by atoms with van der Waals surface area (Å²) in [6, 6.07) is 0.0903. The summed E-state index contributed by atoms with van der Waals surface area (Å²) in [6.07, 6.45) is 0.986. The molecule has 0 aromatic carbocycles. The first-order valence-corrected chi connectivity index (χ1v) is 5.54. The molecular weight excluding hydrogens is 192 g/mol. The Bertz CT molecular complexity index is 219. The van der Waals surface area contributed by atoms with E-state index in [0.29, 0.717) is 12.6 Å². The molecule has 1 aliphatic heterocycles. The van der Waals surface area contributed by atoms with Crippen molar-refractivity contribution in [2.24, 2.45) is 5.92 Å². The number of methoxy groups -OCH3 is 1. The van der Waals surface area contributed by atoms with Crippen LogP contribution in [0, 0.1) is 5.92 Å². The number of likely N-dealkylation sites (tertiary alicyclic amines) is 1. The first-order chi connectivity index (χ1) is 7.06. The van der Waals surface area contributed by atoms with Crippen molar-refractivity contribution in [3.8, 4) is 0 Å². The fourth-order valence-electron chi connectivity index (χ4n) is 1.92. The number of rotatable bonds is 5. The van der Waals surface area contributed by atoms with Crippen molar-refractivity contribution in [2.45, 2.75) is 26.3 Å². The van der Waals surface area contributed by atoms with E-state index >= 15 is 0 Å². The topological polar surface area (TPSA) is 32.8 Å². The van der Waals surface area contributed by atoms with Crippen LogP contribution in [0.5, 0.6) is 0 Å². The molecule has 1 aliphatic rings. The van der Waals surface area contributed by atoms with Crippen LogP contribution in [-0.4, -0.2) is 55.7 Å². The highest BCUT2D eigenvalue weighted by Crippen LogP contribution is 2.20. The zero-order valence-electron chi connectivity index (χ0n) is 10.2. The van der Waals surface area contributed by atoms with Crippen molar-refractivity contribution < 1.29 is 9.53 Å². The van der Waals surface area contributed by atoms with Gasteiger partial charge in [0.15, 0.2) is 0 Å². The Morgan fingerprint density at radius 1 is 1.60 bits per heavy atom. The minimum atomic E-state index is 0.0903. The number of hydrogen-bond donors (Lipinski definition) is 0. The number of ether oxygens (including phenoxy) is 1. The minimum Gasteiger partial charge on any atom is -0.364 e. The van der Waals surface area contributed by atoms with Gasteiger partial charge < -0.3 is 9.64 Å². The quantitative estimate of drug-likeness (QED) is 0.634. The summed E-state index contributed by atoms with van der Waals surface area (Å²) in [5, 5.41) is 0. The Labute approximate surface area is 92.2 Å². The summed E-state index contributed by atoms with van der Waals surface area (Å²) < 4.78 is 4.95. The Morgan fingerprint density at radius 2 is 2.27 bits per heavy atom. The Hall–Kier alpha value is -0.610. The van der Waals surface area contributed by atoms with E-state index in [1.54, 1.807) is 19.1 Å². The second kappa shape index (κ2) is 5.47. The monoisotopic (exact) mass is 214 g/mol. The Kier molecular flexibility index (Phi) is 4.54. The van der Waals surface area contributed by atoms with Crippen LogP contribution in [0.3, 0.4) is 0 Å². The summed E-state index contributed by atoms with van der Waals surface area (Å²) in [5.41, 5.74) is 0. The lowest BCUT2D eigenvalue weighted by Crippen LogP contribution is -2.57. The van der Waals surface area contributed by atoms with Crippen molar-refractivity contribution in [3.63, 3.8) is 0 Å². The zero-order chi connectivity index (χ0) is 11.4. The molecule has 4 heteroatoms. The maximum Gasteiger partial charge on any atom is 0.241 e. The molecule has 15 heavy (non-hydrogen) atoms. The number of carbonyl (C=O) groups is 1. The van der Waals surface area contributed by atoms with Gasteiger partial charge in [-0.15, -0.1) is 0 Å². The number of nitrogens with zero attached hydrogens (tertiary/aromatic N) is 2. The largest absolute Gasteiger partial charge is 0.364 e. The molecule has 1 unspecified atom stereocenters. The maximum absolute atomic E-state index is 11.9. The van der Waals surface area contributed by atoms with Crippen molar-refractivity contribution in [1.82, 2.24) is 9.80 Å². The van der Waals surface area contributed by atoms with Crippen molar-refractivity contribution in [2.75, 3.05) is 34.0 Å². The summed E-state index contributed by atoms with van der Waals surface area (Å²) in [6.45, 7) is 6.80. The van der Waals surface area contributed by atoms with Crippen LogP contribution in [0.2, 0.25) is 0 Å². The van der Waals surface area contributed by atoms with E-state index < -0.39 is 0 Å². The molecular formula is C11H22N2O2. The summed E-state index contributed by atoms with van der Waals surface area (Å²) in [5.74, 6) is 0.803. The molecule has 0 radical (unpaired) electrons. The second-order valence-corrected chi connectivity index (χ2v) is 4.65. The molecule has 1 rings (SSSR count). The van der Waals surface area contributed by atoms with Crippen molar-refractivity contribution >= 4 is 5.91 Å². The van der Waals surface area contributed by atoms with Crippen LogP contribution in [0.1, 0.15) is 20.3 Å². The third-order valence-corrected chi connectivity index (χ3v) is 2.71. The highest BCUT2D eigenvalue weighted by atomic mass is 16.5. The van der Waals surface area contributed by atoms with E-state index in [1.165, 1.54) is 0 Å². The van der Waals surface area contributed by atoms with Gasteiger partial charge in [-0.2, -0.15) is 0 Å². The van der Waals surface area contributed by atoms with Gasteiger partial charge in [-0.1, -0.05) is 13.8 Å². The predicted octanol–water partition coefficient (Wildman–Crippen LogP) is 0.779. The SMILES string of the molecule is COCN(C)C(=O)C1CCN1CC(C)C. The lowest BCUT2D eigenvalue weighted by atomic mass is 10.00. The Morgan fingerprint density at radius 3 is 2.67 bits per heavy atom. The third kappa shape index (κ3) is 3.18. The van der Waals surface area contributed by atoms with Crippen molar-refractivity contribution in [1.29, 1.82) is 0 Å². The van der Waals surface area contributed by atoms with E-state index in [2.05, 4.69) is 18.7 Å². The molecule has 0 aromatic heterocycles. The van der Waals surface area contributed by atoms with Crippen LogP contribution in [0.25, 0.3) is 0 Å². The molecule has 1 saturated heterocycles. The molecule has 1 fully saturated rings. The molecule has 1 amide bonds. The summed E-state index contributed by atoms with van der Waals surface area (Å²) >= 11 is 0. The molecule has 0 N–H and O–H groups in total. The van der Waals surface area contributed by atoms with E-state index in [4.69, 9.17) is 4.74 Å². The molecule has 0 aliphatic carbocycles. The van der Waals surface area contributed by atoms with Gasteiger partial charge in [0.05, 0.1) is 6.04 Å². The second-order valence-electron chi connectivity index (χ2n) is 4.65. The smallest absolute Gasteiger partial charge is 0.241 e. The van der Waals surface area contributed by atoms with Crippen LogP contribution < -0.4 is 0 Å². The zero-order valence-corrected chi connectivity index (χ0v) is 10.2. The molecule has 4 nitrogen and oxygen atoms in total. The van der Waals surface area contributed by atoms with Crippen LogP contribution >= 0.6 is 0 Å². The van der Waals surface area contributed by atoms with E-state index in [9.17, 15) is 4.79 Å². The lowest BCUT2D eigenvalue weighted by Gasteiger charge is -2.42. The van der Waals surface area contributed by atoms with Crippen LogP contribution in [-0.2, 0) is 9.53 Å². The van der Waals surface area contributed by atoms with Gasteiger partial charge >= 0.3 is 0 Å². The highest BCUT2D eigenvalue weighted by Gasteiger charge is 2.35. The Balaban J connectivity index is 2.40.